The molecule has 116 valence electrons. The third-order valence-corrected chi connectivity index (χ3v) is 3.67. The van der Waals surface area contributed by atoms with Crippen molar-refractivity contribution in [2.75, 3.05) is 7.05 Å². The molecule has 0 aliphatic rings. The highest BCUT2D eigenvalue weighted by Gasteiger charge is 2.26. The largest absolute Gasteiger partial charge is 0.388 e. The fraction of sp³-hybridized carbons (Fsp3) is 0.471. The lowest BCUT2D eigenvalue weighted by molar-refractivity contribution is 0.348. The van der Waals surface area contributed by atoms with Crippen molar-refractivity contribution in [1.82, 2.24) is 5.01 Å². The van der Waals surface area contributed by atoms with Gasteiger partial charge in [0.25, 0.3) is 0 Å². The molecule has 0 heterocycles. The molecule has 0 saturated heterocycles. The first kappa shape index (κ1) is 17.5. The van der Waals surface area contributed by atoms with Crippen molar-refractivity contribution in [2.45, 2.75) is 45.1 Å². The standard InChI is InChI=1S/C17H23N5/c1-16(2,10-18)14-6-13(9-22(5)21-12-20)7-15(8-14)17(3,4)11-19/h6-8,12H,9H2,1-5H3,(H2,20,21). The Morgan fingerprint density at radius 2 is 1.55 bits per heavy atom. The van der Waals surface area contributed by atoms with E-state index < -0.39 is 10.8 Å². The van der Waals surface area contributed by atoms with E-state index in [1.807, 2.05) is 52.9 Å². The van der Waals surface area contributed by atoms with Crippen LogP contribution in [0, 0.1) is 22.7 Å². The number of hydrazone groups is 1. The smallest absolute Gasteiger partial charge is 0.106 e. The first-order valence-corrected chi connectivity index (χ1v) is 7.09. The monoisotopic (exact) mass is 297 g/mol. The van der Waals surface area contributed by atoms with Crippen molar-refractivity contribution in [3.05, 3.63) is 34.9 Å². The van der Waals surface area contributed by atoms with Gasteiger partial charge in [0.15, 0.2) is 0 Å². The van der Waals surface area contributed by atoms with Crippen molar-refractivity contribution in [2.24, 2.45) is 10.8 Å². The molecular weight excluding hydrogens is 274 g/mol. The second-order valence-corrected chi connectivity index (χ2v) is 6.47. The van der Waals surface area contributed by atoms with Gasteiger partial charge in [0.2, 0.25) is 0 Å². The van der Waals surface area contributed by atoms with Gasteiger partial charge >= 0.3 is 0 Å². The second kappa shape index (κ2) is 6.49. The lowest BCUT2D eigenvalue weighted by Gasteiger charge is -2.24. The minimum atomic E-state index is -0.619. The van der Waals surface area contributed by atoms with E-state index in [0.29, 0.717) is 6.54 Å². The molecule has 0 atom stereocenters. The van der Waals surface area contributed by atoms with Crippen molar-refractivity contribution in [1.29, 1.82) is 10.5 Å². The highest BCUT2D eigenvalue weighted by molar-refractivity contribution is 5.50. The summed E-state index contributed by atoms with van der Waals surface area (Å²) in [7, 11) is 1.82. The van der Waals surface area contributed by atoms with E-state index in [-0.39, 0.29) is 0 Å². The van der Waals surface area contributed by atoms with Gasteiger partial charge in [-0.2, -0.15) is 15.6 Å². The Balaban J connectivity index is 3.41. The average molecular weight is 297 g/mol. The first-order valence-electron chi connectivity index (χ1n) is 7.09. The zero-order chi connectivity index (χ0) is 17.0. The Morgan fingerprint density at radius 3 is 1.91 bits per heavy atom. The van der Waals surface area contributed by atoms with Gasteiger partial charge in [-0.25, -0.2) is 0 Å². The van der Waals surface area contributed by atoms with Gasteiger partial charge in [-0.1, -0.05) is 18.2 Å². The Morgan fingerprint density at radius 1 is 1.09 bits per heavy atom. The molecule has 0 saturated carbocycles. The topological polar surface area (TPSA) is 89.2 Å². The summed E-state index contributed by atoms with van der Waals surface area (Å²) in [6.45, 7) is 8.04. The molecule has 0 aliphatic carbocycles. The van der Waals surface area contributed by atoms with Gasteiger partial charge in [-0.15, -0.1) is 0 Å². The fourth-order valence-electron chi connectivity index (χ4n) is 2.05. The maximum atomic E-state index is 9.39. The van der Waals surface area contributed by atoms with E-state index in [9.17, 15) is 10.5 Å². The Labute approximate surface area is 132 Å². The number of nitrogens with two attached hydrogens (primary N) is 1. The lowest BCUT2D eigenvalue weighted by atomic mass is 9.79. The fourth-order valence-corrected chi connectivity index (χ4v) is 2.05. The number of rotatable bonds is 5. The van der Waals surface area contributed by atoms with Crippen LogP contribution in [-0.4, -0.2) is 18.4 Å². The molecule has 0 spiro atoms. The number of nitrogens with zero attached hydrogens (tertiary/aromatic N) is 4. The molecule has 2 N–H and O–H groups in total. The van der Waals surface area contributed by atoms with Crippen LogP contribution in [0.5, 0.6) is 0 Å². The Hall–Kier alpha value is -2.53. The zero-order valence-electron chi connectivity index (χ0n) is 13.9. The molecule has 0 radical (unpaired) electrons. The Bertz CT molecular complexity index is 600. The van der Waals surface area contributed by atoms with Crippen LogP contribution in [0.4, 0.5) is 0 Å². The van der Waals surface area contributed by atoms with Gasteiger partial charge < -0.3 is 5.73 Å². The van der Waals surface area contributed by atoms with Crippen LogP contribution in [0.2, 0.25) is 0 Å². The number of hydrogen-bond acceptors (Lipinski definition) is 4. The summed E-state index contributed by atoms with van der Waals surface area (Å²) in [6.07, 6.45) is 1.24. The quantitative estimate of drug-likeness (QED) is 0.514. The van der Waals surface area contributed by atoms with E-state index in [2.05, 4.69) is 17.2 Å². The summed E-state index contributed by atoms with van der Waals surface area (Å²) in [5.74, 6) is 0. The minimum absolute atomic E-state index is 0.553. The summed E-state index contributed by atoms with van der Waals surface area (Å²) in [5, 5.41) is 24.5. The van der Waals surface area contributed by atoms with Crippen LogP contribution in [0.3, 0.4) is 0 Å². The molecule has 1 aromatic carbocycles. The van der Waals surface area contributed by atoms with E-state index in [1.54, 1.807) is 5.01 Å². The van der Waals surface area contributed by atoms with Gasteiger partial charge in [0, 0.05) is 7.05 Å². The maximum Gasteiger partial charge on any atom is 0.106 e. The van der Waals surface area contributed by atoms with Gasteiger partial charge in [0.05, 0.1) is 29.5 Å². The maximum absolute atomic E-state index is 9.39. The van der Waals surface area contributed by atoms with E-state index in [1.165, 1.54) is 6.34 Å². The molecule has 0 amide bonds. The lowest BCUT2D eigenvalue weighted by Crippen LogP contribution is -2.21. The number of hydrogen-bond donors (Lipinski definition) is 1. The Kier molecular flexibility index (Phi) is 5.17. The highest BCUT2D eigenvalue weighted by Crippen LogP contribution is 2.30. The van der Waals surface area contributed by atoms with Crippen molar-refractivity contribution in [3.8, 4) is 12.1 Å². The zero-order valence-corrected chi connectivity index (χ0v) is 13.9. The highest BCUT2D eigenvalue weighted by atomic mass is 15.4. The molecule has 0 bridgehead atoms. The molecule has 1 rings (SSSR count). The molecule has 22 heavy (non-hydrogen) atoms. The summed E-state index contributed by atoms with van der Waals surface area (Å²) in [4.78, 5) is 0. The number of nitriles is 2. The molecule has 0 aromatic heterocycles. The summed E-state index contributed by atoms with van der Waals surface area (Å²) >= 11 is 0. The van der Waals surface area contributed by atoms with Crippen LogP contribution in [-0.2, 0) is 17.4 Å². The predicted octanol–water partition coefficient (Wildman–Crippen LogP) is 2.62. The van der Waals surface area contributed by atoms with Crippen LogP contribution in [0.1, 0.15) is 44.4 Å². The summed E-state index contributed by atoms with van der Waals surface area (Å²) in [6, 6.07) is 10.6. The average Bonchev–Trinajstić information content (AvgIpc) is 2.47. The summed E-state index contributed by atoms with van der Waals surface area (Å²) in [5.41, 5.74) is 6.86. The first-order chi connectivity index (χ1) is 10.2. The SMILES string of the molecule is CN(Cc1cc(C(C)(C)C#N)cc(C(C)(C)C#N)c1)/N=C\N. The third-order valence-electron chi connectivity index (χ3n) is 3.67. The second-order valence-electron chi connectivity index (χ2n) is 6.47. The molecular formula is C17H23N5. The van der Waals surface area contributed by atoms with E-state index >= 15 is 0 Å². The third kappa shape index (κ3) is 3.99. The molecule has 1 aromatic rings. The van der Waals surface area contributed by atoms with Crippen LogP contribution in [0.15, 0.2) is 23.3 Å². The van der Waals surface area contributed by atoms with Crippen molar-refractivity contribution >= 4 is 6.34 Å². The van der Waals surface area contributed by atoms with Crippen LogP contribution >= 0.6 is 0 Å². The van der Waals surface area contributed by atoms with Crippen molar-refractivity contribution in [3.63, 3.8) is 0 Å². The van der Waals surface area contributed by atoms with Gasteiger partial charge in [0.1, 0.15) is 6.34 Å². The molecule has 5 heteroatoms. The predicted molar refractivity (Wildman–Crippen MR) is 87.9 cm³/mol. The molecule has 0 aliphatic heterocycles. The molecule has 0 unspecified atom stereocenters. The number of benzene rings is 1. The molecule has 0 fully saturated rings. The summed E-state index contributed by atoms with van der Waals surface area (Å²) < 4.78 is 0. The minimum Gasteiger partial charge on any atom is -0.388 e. The molecule has 5 nitrogen and oxygen atoms in total. The van der Waals surface area contributed by atoms with Crippen LogP contribution in [0.25, 0.3) is 0 Å². The van der Waals surface area contributed by atoms with Gasteiger partial charge in [-0.3, -0.25) is 5.01 Å². The normalized spacial score (nSPS) is 12.0. The van der Waals surface area contributed by atoms with Crippen LogP contribution < -0.4 is 5.73 Å². The van der Waals surface area contributed by atoms with Crippen molar-refractivity contribution < 1.29 is 0 Å². The van der Waals surface area contributed by atoms with Gasteiger partial charge in [-0.05, 0) is 44.4 Å². The van der Waals surface area contributed by atoms with E-state index in [0.717, 1.165) is 16.7 Å². The van der Waals surface area contributed by atoms with E-state index in [4.69, 9.17) is 5.73 Å².